The van der Waals surface area contributed by atoms with Crippen LogP contribution in [-0.2, 0) is 12.7 Å². The summed E-state index contributed by atoms with van der Waals surface area (Å²) in [6.07, 6.45) is -4.45. The van der Waals surface area contributed by atoms with Crippen molar-refractivity contribution in [2.45, 2.75) is 12.7 Å². The summed E-state index contributed by atoms with van der Waals surface area (Å²) in [6, 6.07) is 12.9. The highest BCUT2D eigenvalue weighted by molar-refractivity contribution is 5.59. The van der Waals surface area contributed by atoms with Crippen LogP contribution in [0.25, 0.3) is 22.6 Å². The van der Waals surface area contributed by atoms with E-state index in [-0.39, 0.29) is 29.5 Å². The number of hydrogen-bond donors (Lipinski definition) is 0. The predicted octanol–water partition coefficient (Wildman–Crippen LogP) is 4.17. The van der Waals surface area contributed by atoms with Crippen molar-refractivity contribution in [3.05, 3.63) is 88.3 Å². The highest BCUT2D eigenvalue weighted by atomic mass is 19.4. The number of aromatic nitrogens is 4. The van der Waals surface area contributed by atoms with E-state index in [1.54, 1.807) is 6.07 Å². The van der Waals surface area contributed by atoms with Crippen molar-refractivity contribution >= 4 is 0 Å². The number of benzene rings is 2. The highest BCUT2D eigenvalue weighted by Gasteiger charge is 2.30. The molecule has 0 saturated carbocycles. The van der Waals surface area contributed by atoms with Crippen LogP contribution in [-0.4, -0.2) is 19.9 Å². The summed E-state index contributed by atoms with van der Waals surface area (Å²) in [5.74, 6) is -0.403. The second kappa shape index (κ2) is 7.54. The minimum Gasteiger partial charge on any atom is -0.337 e. The van der Waals surface area contributed by atoms with E-state index in [0.717, 1.165) is 16.8 Å². The third-order valence-corrected chi connectivity index (χ3v) is 4.24. The van der Waals surface area contributed by atoms with Gasteiger partial charge in [-0.25, -0.2) is 9.07 Å². The van der Waals surface area contributed by atoms with Crippen molar-refractivity contribution in [3.63, 3.8) is 0 Å². The van der Waals surface area contributed by atoms with Gasteiger partial charge in [0.05, 0.1) is 11.3 Å². The summed E-state index contributed by atoms with van der Waals surface area (Å²) in [6.45, 7) is -0.186. The predicted molar refractivity (Wildman–Crippen MR) is 97.7 cm³/mol. The van der Waals surface area contributed by atoms with Gasteiger partial charge in [-0.15, -0.1) is 0 Å². The number of rotatable bonds is 4. The molecule has 6 nitrogen and oxygen atoms in total. The summed E-state index contributed by atoms with van der Waals surface area (Å²) in [5, 5.41) is 7.86. The molecule has 0 saturated heterocycles. The first-order valence-corrected chi connectivity index (χ1v) is 8.64. The summed E-state index contributed by atoms with van der Waals surface area (Å²) in [7, 11) is 0. The van der Waals surface area contributed by atoms with E-state index in [2.05, 4.69) is 15.2 Å². The lowest BCUT2D eigenvalue weighted by Crippen LogP contribution is -2.23. The summed E-state index contributed by atoms with van der Waals surface area (Å²) >= 11 is 0. The van der Waals surface area contributed by atoms with Gasteiger partial charge in [-0.1, -0.05) is 29.4 Å². The van der Waals surface area contributed by atoms with Gasteiger partial charge in [0.25, 0.3) is 5.56 Å². The minimum atomic E-state index is -4.45. The first kappa shape index (κ1) is 19.5. The van der Waals surface area contributed by atoms with E-state index >= 15 is 0 Å². The maximum absolute atomic E-state index is 14.0. The molecule has 0 spiro atoms. The van der Waals surface area contributed by atoms with Crippen LogP contribution in [0.4, 0.5) is 17.6 Å². The zero-order valence-corrected chi connectivity index (χ0v) is 15.1. The van der Waals surface area contributed by atoms with Crippen molar-refractivity contribution < 1.29 is 22.1 Å². The van der Waals surface area contributed by atoms with Crippen LogP contribution in [0.3, 0.4) is 0 Å². The largest absolute Gasteiger partial charge is 0.416 e. The van der Waals surface area contributed by atoms with E-state index in [9.17, 15) is 22.4 Å². The SMILES string of the molecule is O=c1ccc(-c2ccccc2F)nn1Cc1nc(-c2ccc(C(F)(F)F)cc2)no1. The Morgan fingerprint density at radius 3 is 2.40 bits per heavy atom. The number of alkyl halides is 3. The van der Waals surface area contributed by atoms with Gasteiger partial charge in [0.1, 0.15) is 12.4 Å². The molecular weight excluding hydrogens is 404 g/mol. The van der Waals surface area contributed by atoms with Gasteiger partial charge < -0.3 is 4.52 Å². The molecule has 0 unspecified atom stereocenters. The van der Waals surface area contributed by atoms with Crippen LogP contribution in [0.5, 0.6) is 0 Å². The number of halogens is 4. The van der Waals surface area contributed by atoms with Crippen LogP contribution in [0, 0.1) is 5.82 Å². The third kappa shape index (κ3) is 3.97. The van der Waals surface area contributed by atoms with Crippen LogP contribution < -0.4 is 5.56 Å². The van der Waals surface area contributed by atoms with E-state index < -0.39 is 23.1 Å². The maximum atomic E-state index is 14.0. The van der Waals surface area contributed by atoms with E-state index in [0.29, 0.717) is 5.56 Å². The van der Waals surface area contributed by atoms with Gasteiger partial charge in [0.15, 0.2) is 0 Å². The van der Waals surface area contributed by atoms with Crippen molar-refractivity contribution in [1.29, 1.82) is 0 Å². The Hall–Kier alpha value is -3.82. The zero-order valence-electron chi connectivity index (χ0n) is 15.1. The van der Waals surface area contributed by atoms with Gasteiger partial charge in [-0.3, -0.25) is 4.79 Å². The normalized spacial score (nSPS) is 11.6. The molecule has 2 heterocycles. The molecule has 0 bridgehead atoms. The van der Waals surface area contributed by atoms with Crippen LogP contribution in [0.2, 0.25) is 0 Å². The van der Waals surface area contributed by atoms with Crippen LogP contribution in [0.15, 0.2) is 70.0 Å². The quantitative estimate of drug-likeness (QED) is 0.467. The van der Waals surface area contributed by atoms with Crippen molar-refractivity contribution in [3.8, 4) is 22.6 Å². The Labute approximate surface area is 166 Å². The molecule has 0 amide bonds. The van der Waals surface area contributed by atoms with Crippen molar-refractivity contribution in [2.75, 3.05) is 0 Å². The molecule has 4 rings (SSSR count). The molecule has 0 aliphatic rings. The molecule has 10 heteroatoms. The Kier molecular flexibility index (Phi) is 4.90. The second-order valence-corrected chi connectivity index (χ2v) is 6.28. The van der Waals surface area contributed by atoms with Crippen LogP contribution >= 0.6 is 0 Å². The first-order valence-electron chi connectivity index (χ1n) is 8.64. The molecule has 0 fully saturated rings. The number of nitrogens with zero attached hydrogens (tertiary/aromatic N) is 4. The summed E-state index contributed by atoms with van der Waals surface area (Å²) in [5.41, 5.74) is -0.476. The monoisotopic (exact) mass is 416 g/mol. The lowest BCUT2D eigenvalue weighted by atomic mass is 10.1. The zero-order chi connectivity index (χ0) is 21.3. The molecule has 0 aliphatic heterocycles. The van der Waals surface area contributed by atoms with E-state index in [4.69, 9.17) is 4.52 Å². The minimum absolute atomic E-state index is 0.0187. The van der Waals surface area contributed by atoms with Gasteiger partial charge >= 0.3 is 6.18 Å². The molecular formula is C20H12F4N4O2. The topological polar surface area (TPSA) is 73.8 Å². The molecule has 0 radical (unpaired) electrons. The third-order valence-electron chi connectivity index (χ3n) is 4.24. The van der Waals surface area contributed by atoms with E-state index in [1.807, 2.05) is 0 Å². The fourth-order valence-electron chi connectivity index (χ4n) is 2.75. The molecule has 30 heavy (non-hydrogen) atoms. The molecule has 4 aromatic rings. The van der Waals surface area contributed by atoms with Gasteiger partial charge in [0.2, 0.25) is 11.7 Å². The van der Waals surface area contributed by atoms with Gasteiger partial charge in [-0.05, 0) is 30.3 Å². The van der Waals surface area contributed by atoms with Crippen molar-refractivity contribution in [1.82, 2.24) is 19.9 Å². The maximum Gasteiger partial charge on any atom is 0.416 e. The molecule has 0 N–H and O–H groups in total. The molecule has 0 aliphatic carbocycles. The Morgan fingerprint density at radius 2 is 1.70 bits per heavy atom. The Morgan fingerprint density at radius 1 is 0.967 bits per heavy atom. The lowest BCUT2D eigenvalue weighted by Gasteiger charge is -2.06. The fourth-order valence-corrected chi connectivity index (χ4v) is 2.75. The Balaban J connectivity index is 1.59. The highest BCUT2D eigenvalue weighted by Crippen LogP contribution is 2.30. The second-order valence-electron chi connectivity index (χ2n) is 6.28. The van der Waals surface area contributed by atoms with Gasteiger partial charge in [0, 0.05) is 17.2 Å². The summed E-state index contributed by atoms with van der Waals surface area (Å²) < 4.78 is 58.1. The van der Waals surface area contributed by atoms with Gasteiger partial charge in [-0.2, -0.15) is 23.3 Å². The lowest BCUT2D eigenvalue weighted by molar-refractivity contribution is -0.137. The first-order chi connectivity index (χ1) is 14.3. The average Bonchev–Trinajstić information content (AvgIpc) is 3.18. The standard InChI is InChI=1S/C20H12F4N4O2/c21-15-4-2-1-3-14(15)16-9-10-18(29)28(26-16)11-17-25-19(27-30-17)12-5-7-13(8-6-12)20(22,23)24/h1-10H,11H2. The van der Waals surface area contributed by atoms with Crippen LogP contribution in [0.1, 0.15) is 11.5 Å². The average molecular weight is 416 g/mol. The molecule has 2 aromatic carbocycles. The van der Waals surface area contributed by atoms with Crippen molar-refractivity contribution in [2.24, 2.45) is 0 Å². The molecule has 2 aromatic heterocycles. The molecule has 152 valence electrons. The molecule has 0 atom stereocenters. The Bertz CT molecular complexity index is 1250. The number of hydrogen-bond acceptors (Lipinski definition) is 5. The smallest absolute Gasteiger partial charge is 0.337 e. The fraction of sp³-hybridized carbons (Fsp3) is 0.100. The summed E-state index contributed by atoms with van der Waals surface area (Å²) in [4.78, 5) is 16.2. The van der Waals surface area contributed by atoms with E-state index in [1.165, 1.54) is 42.5 Å².